The number of carbonyl (C=O) groups is 1. The minimum Gasteiger partial charge on any atom is -0.496 e. The van der Waals surface area contributed by atoms with E-state index in [4.69, 9.17) is 27.9 Å². The van der Waals surface area contributed by atoms with Gasteiger partial charge in [0.2, 0.25) is 10.0 Å². The van der Waals surface area contributed by atoms with Gasteiger partial charge in [0.15, 0.2) is 0 Å². The van der Waals surface area contributed by atoms with Crippen molar-refractivity contribution >= 4 is 60.5 Å². The summed E-state index contributed by atoms with van der Waals surface area (Å²) in [4.78, 5) is 13.1. The van der Waals surface area contributed by atoms with E-state index in [1.165, 1.54) is 66.0 Å². The van der Waals surface area contributed by atoms with E-state index in [1.54, 1.807) is 6.07 Å². The van der Waals surface area contributed by atoms with Crippen LogP contribution in [0.25, 0.3) is 0 Å². The zero-order chi connectivity index (χ0) is 28.4. The van der Waals surface area contributed by atoms with E-state index in [1.807, 2.05) is 0 Å². The number of methoxy groups -OCH3 is 1. The molecule has 0 bridgehead atoms. The summed E-state index contributed by atoms with van der Waals surface area (Å²) in [6, 6.07) is 14.2. The van der Waals surface area contributed by atoms with Crippen molar-refractivity contribution in [2.45, 2.75) is 29.6 Å². The van der Waals surface area contributed by atoms with Crippen LogP contribution in [-0.4, -0.2) is 47.2 Å². The second kappa shape index (κ2) is 11.7. The summed E-state index contributed by atoms with van der Waals surface area (Å²) in [5, 5.41) is 2.93. The largest absolute Gasteiger partial charge is 0.496 e. The number of hydrogen-bond donors (Lipinski definition) is 2. The second-order valence-electron chi connectivity index (χ2n) is 9.13. The number of rotatable bonds is 8. The lowest BCUT2D eigenvalue weighted by Crippen LogP contribution is -2.37. The first-order chi connectivity index (χ1) is 18.4. The maximum absolute atomic E-state index is 13.2. The predicted octanol–water partition coefficient (Wildman–Crippen LogP) is 5.48. The summed E-state index contributed by atoms with van der Waals surface area (Å²) >= 11 is 12.0. The highest BCUT2D eigenvalue weighted by Gasteiger charge is 2.29. The number of amides is 1. The molecule has 1 heterocycles. The number of nitrogens with zero attached hydrogens (tertiary/aromatic N) is 1. The highest BCUT2D eigenvalue weighted by atomic mass is 35.5. The smallest absolute Gasteiger partial charge is 0.261 e. The average Bonchev–Trinajstić information content (AvgIpc) is 2.91. The van der Waals surface area contributed by atoms with Gasteiger partial charge in [-0.3, -0.25) is 9.52 Å². The number of carbonyl (C=O) groups excluding carboxylic acids is 1. The summed E-state index contributed by atoms with van der Waals surface area (Å²) in [5.41, 5.74) is 0.445. The van der Waals surface area contributed by atoms with Crippen LogP contribution in [0, 0.1) is 5.92 Å². The predicted molar refractivity (Wildman–Crippen MR) is 152 cm³/mol. The monoisotopic (exact) mass is 611 g/mol. The number of piperidine rings is 1. The first-order valence-electron chi connectivity index (χ1n) is 12.0. The molecular formula is C26H27Cl2N3O6S2. The van der Waals surface area contributed by atoms with E-state index in [9.17, 15) is 21.6 Å². The Morgan fingerprint density at radius 3 is 2.23 bits per heavy atom. The molecule has 0 atom stereocenters. The van der Waals surface area contributed by atoms with Crippen LogP contribution in [0.5, 0.6) is 5.75 Å². The Kier molecular flexibility index (Phi) is 8.77. The van der Waals surface area contributed by atoms with Gasteiger partial charge in [-0.1, -0.05) is 36.2 Å². The Hall–Kier alpha value is -2.83. The zero-order valence-electron chi connectivity index (χ0n) is 21.1. The SMILES string of the molecule is COc1ccc(S(=O)(=O)N2CCC(C)CC2)cc1C(=O)Nc1ccc(S(=O)(=O)Nc2cccc(Cl)c2Cl)cc1. The van der Waals surface area contributed by atoms with E-state index < -0.39 is 26.0 Å². The number of nitrogens with one attached hydrogen (secondary N) is 2. The molecule has 13 heteroatoms. The molecule has 39 heavy (non-hydrogen) atoms. The third-order valence-corrected chi connectivity index (χ3v) is 10.5. The minimum atomic E-state index is -3.99. The van der Waals surface area contributed by atoms with Crippen molar-refractivity contribution < 1.29 is 26.4 Å². The first kappa shape index (κ1) is 29.2. The van der Waals surface area contributed by atoms with Crippen LogP contribution in [0.1, 0.15) is 30.1 Å². The number of halogens is 2. The summed E-state index contributed by atoms with van der Waals surface area (Å²) in [7, 11) is -6.40. The zero-order valence-corrected chi connectivity index (χ0v) is 24.3. The molecular weight excluding hydrogens is 585 g/mol. The lowest BCUT2D eigenvalue weighted by molar-refractivity contribution is 0.102. The van der Waals surface area contributed by atoms with E-state index in [2.05, 4.69) is 17.0 Å². The quantitative estimate of drug-likeness (QED) is 0.348. The molecule has 0 aromatic heterocycles. The van der Waals surface area contributed by atoms with E-state index in [-0.39, 0.29) is 36.8 Å². The molecule has 0 radical (unpaired) electrons. The van der Waals surface area contributed by atoms with Crippen LogP contribution in [0.3, 0.4) is 0 Å². The molecule has 0 spiro atoms. The summed E-state index contributed by atoms with van der Waals surface area (Å²) in [5.74, 6) is 0.0385. The average molecular weight is 613 g/mol. The highest BCUT2D eigenvalue weighted by Crippen LogP contribution is 2.32. The molecule has 1 amide bonds. The van der Waals surface area contributed by atoms with Gasteiger partial charge in [0.1, 0.15) is 5.75 Å². The van der Waals surface area contributed by atoms with Crippen LogP contribution < -0.4 is 14.8 Å². The first-order valence-corrected chi connectivity index (χ1v) is 15.7. The lowest BCUT2D eigenvalue weighted by atomic mass is 10.0. The van der Waals surface area contributed by atoms with Gasteiger partial charge >= 0.3 is 0 Å². The van der Waals surface area contributed by atoms with Crippen molar-refractivity contribution in [3.63, 3.8) is 0 Å². The van der Waals surface area contributed by atoms with Gasteiger partial charge in [0.05, 0.1) is 38.2 Å². The fourth-order valence-electron chi connectivity index (χ4n) is 4.10. The molecule has 3 aromatic carbocycles. The Morgan fingerprint density at radius 1 is 0.949 bits per heavy atom. The summed E-state index contributed by atoms with van der Waals surface area (Å²) in [6.45, 7) is 2.93. The van der Waals surface area contributed by atoms with Crippen molar-refractivity contribution in [3.05, 3.63) is 76.3 Å². The molecule has 208 valence electrons. The fourth-order valence-corrected chi connectivity index (χ4v) is 7.07. The molecule has 0 saturated carbocycles. The number of benzene rings is 3. The van der Waals surface area contributed by atoms with Gasteiger partial charge in [0.25, 0.3) is 15.9 Å². The molecule has 2 N–H and O–H groups in total. The molecule has 0 aliphatic carbocycles. The minimum absolute atomic E-state index is 0.00445. The second-order valence-corrected chi connectivity index (χ2v) is 13.5. The maximum atomic E-state index is 13.2. The van der Waals surface area contributed by atoms with Gasteiger partial charge in [-0.25, -0.2) is 16.8 Å². The summed E-state index contributed by atoms with van der Waals surface area (Å²) in [6.07, 6.45) is 1.55. The Bertz CT molecular complexity index is 1590. The Labute approximate surface area is 238 Å². The normalized spacial score (nSPS) is 15.1. The van der Waals surface area contributed by atoms with E-state index >= 15 is 0 Å². The molecule has 1 aliphatic rings. The number of hydrogen-bond acceptors (Lipinski definition) is 6. The molecule has 0 unspecified atom stereocenters. The molecule has 4 rings (SSSR count). The molecule has 1 aliphatic heterocycles. The lowest BCUT2D eigenvalue weighted by Gasteiger charge is -2.29. The number of ether oxygens (including phenoxy) is 1. The Balaban J connectivity index is 1.53. The maximum Gasteiger partial charge on any atom is 0.261 e. The third-order valence-electron chi connectivity index (χ3n) is 6.41. The van der Waals surface area contributed by atoms with Crippen molar-refractivity contribution in [1.82, 2.24) is 4.31 Å². The van der Waals surface area contributed by atoms with Crippen molar-refractivity contribution in [3.8, 4) is 5.75 Å². The molecule has 9 nitrogen and oxygen atoms in total. The molecule has 3 aromatic rings. The van der Waals surface area contributed by atoms with Crippen LogP contribution >= 0.6 is 23.2 Å². The summed E-state index contributed by atoms with van der Waals surface area (Å²) < 4.78 is 61.1. The van der Waals surface area contributed by atoms with Crippen molar-refractivity contribution in [2.75, 3.05) is 30.2 Å². The van der Waals surface area contributed by atoms with Gasteiger partial charge in [-0.05, 0) is 73.4 Å². The fraction of sp³-hybridized carbons (Fsp3) is 0.269. The Morgan fingerprint density at radius 2 is 1.59 bits per heavy atom. The number of anilines is 2. The van der Waals surface area contributed by atoms with Crippen molar-refractivity contribution in [2.24, 2.45) is 5.92 Å². The van der Waals surface area contributed by atoms with Crippen LogP contribution in [-0.2, 0) is 20.0 Å². The molecule has 1 saturated heterocycles. The third kappa shape index (κ3) is 6.50. The highest BCUT2D eigenvalue weighted by molar-refractivity contribution is 7.92. The van der Waals surface area contributed by atoms with Gasteiger partial charge in [-0.2, -0.15) is 4.31 Å². The topological polar surface area (TPSA) is 122 Å². The van der Waals surface area contributed by atoms with Crippen LogP contribution in [0.2, 0.25) is 10.0 Å². The van der Waals surface area contributed by atoms with E-state index in [0.29, 0.717) is 24.7 Å². The van der Waals surface area contributed by atoms with Gasteiger partial charge in [-0.15, -0.1) is 0 Å². The van der Waals surface area contributed by atoms with Crippen LogP contribution in [0.15, 0.2) is 70.5 Å². The van der Waals surface area contributed by atoms with Gasteiger partial charge < -0.3 is 10.1 Å². The standard InChI is InChI=1S/C26H27Cl2N3O6S2/c1-17-12-14-31(15-13-17)39(35,36)20-10-11-24(37-2)21(16-20)26(32)29-18-6-8-19(9-7-18)38(33,34)30-23-5-3-4-22(27)25(23)28/h3-11,16-17,30H,12-15H2,1-2H3,(H,29,32). The van der Waals surface area contributed by atoms with Crippen molar-refractivity contribution in [1.29, 1.82) is 0 Å². The van der Waals surface area contributed by atoms with Crippen LogP contribution in [0.4, 0.5) is 11.4 Å². The van der Waals surface area contributed by atoms with Gasteiger partial charge in [0, 0.05) is 18.8 Å². The molecule has 1 fully saturated rings. The number of sulfonamides is 2. The van der Waals surface area contributed by atoms with E-state index in [0.717, 1.165) is 12.8 Å².